The molecular weight excluding hydrogens is 194 g/mol. The average molecular weight is 204 g/mol. The summed E-state index contributed by atoms with van der Waals surface area (Å²) in [5, 5.41) is 12.5. The largest absolute Gasteiger partial charge is 0.481 e. The predicted molar refractivity (Wildman–Crippen MR) is 50.1 cm³/mol. The van der Waals surface area contributed by atoms with E-state index in [2.05, 4.69) is 21.6 Å². The Morgan fingerprint density at radius 3 is 2.80 bits per heavy atom. The fraction of sp³-hybridized carbons (Fsp3) is 0.500. The van der Waals surface area contributed by atoms with Crippen molar-refractivity contribution in [2.75, 3.05) is 13.1 Å². The Balaban J connectivity index is 2.05. The van der Waals surface area contributed by atoms with Crippen LogP contribution in [0.3, 0.4) is 0 Å². The Labute approximate surface area is 86.6 Å². The van der Waals surface area contributed by atoms with Crippen molar-refractivity contribution >= 4 is 5.97 Å². The first-order valence-corrected chi connectivity index (χ1v) is 4.85. The van der Waals surface area contributed by atoms with Crippen LogP contribution in [0, 0.1) is 11.7 Å². The Hall–Kier alpha value is -1.49. The van der Waals surface area contributed by atoms with Gasteiger partial charge in [-0.05, 0) is 12.5 Å². The van der Waals surface area contributed by atoms with Gasteiger partial charge in [-0.1, -0.05) is 0 Å². The molecule has 1 aliphatic heterocycles. The summed E-state index contributed by atoms with van der Waals surface area (Å²) in [7, 11) is 0. The summed E-state index contributed by atoms with van der Waals surface area (Å²) in [5.74, 6) is -0.781. The van der Waals surface area contributed by atoms with Crippen LogP contribution in [0.2, 0.25) is 0 Å². The molecule has 1 spiro atoms. The molecule has 0 aromatic carbocycles. The lowest BCUT2D eigenvalue weighted by molar-refractivity contribution is -0.141. The molecule has 1 aromatic rings. The highest BCUT2D eigenvalue weighted by atomic mass is 16.4. The number of carboxylic acids is 1. The third-order valence-electron chi connectivity index (χ3n) is 3.65. The zero-order valence-corrected chi connectivity index (χ0v) is 8.03. The van der Waals surface area contributed by atoms with Crippen LogP contribution in [0.15, 0.2) is 12.3 Å². The second kappa shape index (κ2) is 2.55. The first-order valence-electron chi connectivity index (χ1n) is 4.85. The second-order valence-electron chi connectivity index (χ2n) is 4.31. The van der Waals surface area contributed by atoms with E-state index in [1.54, 1.807) is 12.3 Å². The van der Waals surface area contributed by atoms with Crippen molar-refractivity contribution < 1.29 is 9.90 Å². The zero-order valence-electron chi connectivity index (χ0n) is 8.03. The molecule has 2 aliphatic rings. The number of carbonyl (C=O) groups is 1. The van der Waals surface area contributed by atoms with E-state index in [1.807, 2.05) is 0 Å². The quantitative estimate of drug-likeness (QED) is 0.685. The van der Waals surface area contributed by atoms with E-state index in [1.165, 1.54) is 0 Å². The highest BCUT2D eigenvalue weighted by Crippen LogP contribution is 2.66. The Morgan fingerprint density at radius 2 is 2.40 bits per heavy atom. The van der Waals surface area contributed by atoms with Gasteiger partial charge in [-0.2, -0.15) is 0 Å². The van der Waals surface area contributed by atoms with Crippen molar-refractivity contribution in [1.82, 2.24) is 15.3 Å². The van der Waals surface area contributed by atoms with E-state index in [0.29, 0.717) is 12.1 Å². The molecule has 1 atom stereocenters. The van der Waals surface area contributed by atoms with Gasteiger partial charge in [-0.25, -0.2) is 9.97 Å². The summed E-state index contributed by atoms with van der Waals surface area (Å²) in [6.07, 6.45) is 4.68. The lowest BCUT2D eigenvalue weighted by atomic mass is 9.85. The van der Waals surface area contributed by atoms with Gasteiger partial charge in [-0.3, -0.25) is 4.79 Å². The minimum Gasteiger partial charge on any atom is -0.481 e. The van der Waals surface area contributed by atoms with Crippen LogP contribution in [0.5, 0.6) is 0 Å². The topological polar surface area (TPSA) is 75.1 Å². The highest BCUT2D eigenvalue weighted by molar-refractivity contribution is 5.87. The standard InChI is InChI=1S/C10H10N3O2/c14-8(15)10(3-9(10)4-12-5-9)7-1-2-11-6-13-7/h1-2,12H,3-5H2,(H,14,15). The molecule has 0 bridgehead atoms. The van der Waals surface area contributed by atoms with E-state index in [-0.39, 0.29) is 5.41 Å². The molecule has 3 rings (SSSR count). The molecule has 1 saturated carbocycles. The first-order chi connectivity index (χ1) is 7.21. The third kappa shape index (κ3) is 0.885. The van der Waals surface area contributed by atoms with Crippen LogP contribution >= 0.6 is 0 Å². The number of aromatic nitrogens is 2. The van der Waals surface area contributed by atoms with Crippen molar-refractivity contribution in [3.8, 4) is 0 Å². The summed E-state index contributed by atoms with van der Waals surface area (Å²) in [6, 6.07) is 1.68. The summed E-state index contributed by atoms with van der Waals surface area (Å²) in [4.78, 5) is 19.0. The zero-order chi connectivity index (χ0) is 10.5. The van der Waals surface area contributed by atoms with Crippen LogP contribution in [0.25, 0.3) is 0 Å². The SMILES string of the molecule is O=C(O)C1(c2ccn[c]n2)CC12CNC2. The summed E-state index contributed by atoms with van der Waals surface area (Å²) in [6.45, 7) is 1.53. The fourth-order valence-electron chi connectivity index (χ4n) is 2.59. The van der Waals surface area contributed by atoms with Gasteiger partial charge < -0.3 is 10.4 Å². The number of rotatable bonds is 2. The molecule has 0 amide bonds. The smallest absolute Gasteiger partial charge is 0.316 e. The molecular formula is C10H10N3O2. The molecule has 2 N–H and O–H groups in total. The van der Waals surface area contributed by atoms with Gasteiger partial charge in [0.15, 0.2) is 6.33 Å². The molecule has 1 aromatic heterocycles. The fourth-order valence-corrected chi connectivity index (χ4v) is 2.59. The van der Waals surface area contributed by atoms with Crippen molar-refractivity contribution in [3.05, 3.63) is 24.3 Å². The van der Waals surface area contributed by atoms with E-state index >= 15 is 0 Å². The van der Waals surface area contributed by atoms with Gasteiger partial charge in [0.25, 0.3) is 0 Å². The maximum Gasteiger partial charge on any atom is 0.316 e. The molecule has 77 valence electrons. The van der Waals surface area contributed by atoms with Crippen LogP contribution < -0.4 is 5.32 Å². The molecule has 15 heavy (non-hydrogen) atoms. The predicted octanol–water partition coefficient (Wildman–Crippen LogP) is -0.408. The van der Waals surface area contributed by atoms with Crippen LogP contribution in [-0.2, 0) is 10.2 Å². The molecule has 5 nitrogen and oxygen atoms in total. The summed E-state index contributed by atoms with van der Waals surface area (Å²) >= 11 is 0. The Morgan fingerprint density at radius 1 is 1.60 bits per heavy atom. The van der Waals surface area contributed by atoms with Crippen molar-refractivity contribution in [2.45, 2.75) is 11.8 Å². The van der Waals surface area contributed by atoms with Crippen molar-refractivity contribution in [1.29, 1.82) is 0 Å². The van der Waals surface area contributed by atoms with E-state index in [9.17, 15) is 9.90 Å². The number of hydrogen-bond donors (Lipinski definition) is 2. The van der Waals surface area contributed by atoms with E-state index in [4.69, 9.17) is 0 Å². The molecule has 1 aliphatic carbocycles. The molecule has 5 heteroatoms. The Kier molecular flexibility index (Phi) is 1.49. The number of nitrogens with one attached hydrogen (secondary N) is 1. The summed E-state index contributed by atoms with van der Waals surface area (Å²) < 4.78 is 0. The molecule has 1 saturated heterocycles. The minimum atomic E-state index is -0.794. The minimum absolute atomic E-state index is 0.110. The van der Waals surface area contributed by atoms with Gasteiger partial charge in [0.2, 0.25) is 0 Å². The van der Waals surface area contributed by atoms with E-state index < -0.39 is 11.4 Å². The second-order valence-corrected chi connectivity index (χ2v) is 4.31. The van der Waals surface area contributed by atoms with Gasteiger partial charge >= 0.3 is 5.97 Å². The monoisotopic (exact) mass is 204 g/mol. The number of hydrogen-bond acceptors (Lipinski definition) is 4. The lowest BCUT2D eigenvalue weighted by Crippen LogP contribution is -2.50. The lowest BCUT2D eigenvalue weighted by Gasteiger charge is -2.31. The molecule has 2 heterocycles. The van der Waals surface area contributed by atoms with Crippen molar-refractivity contribution in [3.63, 3.8) is 0 Å². The molecule has 2 fully saturated rings. The van der Waals surface area contributed by atoms with Crippen LogP contribution in [0.1, 0.15) is 12.1 Å². The normalized spacial score (nSPS) is 30.9. The first kappa shape index (κ1) is 8.79. The van der Waals surface area contributed by atoms with Gasteiger partial charge in [0.1, 0.15) is 5.41 Å². The third-order valence-corrected chi connectivity index (χ3v) is 3.65. The molecule has 1 unspecified atom stereocenters. The maximum atomic E-state index is 11.4. The van der Waals surface area contributed by atoms with Gasteiger partial charge in [0, 0.05) is 24.7 Å². The Bertz CT molecular complexity index is 416. The van der Waals surface area contributed by atoms with Gasteiger partial charge in [-0.15, -0.1) is 0 Å². The summed E-state index contributed by atoms with van der Waals surface area (Å²) in [5.41, 5.74) is -0.315. The maximum absolute atomic E-state index is 11.4. The van der Waals surface area contributed by atoms with Crippen molar-refractivity contribution in [2.24, 2.45) is 5.41 Å². The van der Waals surface area contributed by atoms with E-state index in [0.717, 1.165) is 13.1 Å². The average Bonchev–Trinajstić information content (AvgIpc) is 2.90. The number of aliphatic carboxylic acids is 1. The van der Waals surface area contributed by atoms with Crippen LogP contribution in [-0.4, -0.2) is 34.1 Å². The van der Waals surface area contributed by atoms with Crippen LogP contribution in [0.4, 0.5) is 0 Å². The van der Waals surface area contributed by atoms with Gasteiger partial charge in [0.05, 0.1) is 5.69 Å². The number of nitrogens with zero attached hydrogens (tertiary/aromatic N) is 2. The number of carboxylic acid groups (broad SMARTS) is 1. The molecule has 1 radical (unpaired) electrons. The highest BCUT2D eigenvalue weighted by Gasteiger charge is 2.76.